The number of benzene rings is 1. The van der Waals surface area contributed by atoms with Crippen molar-refractivity contribution < 1.29 is 9.90 Å². The van der Waals surface area contributed by atoms with E-state index >= 15 is 0 Å². The molecule has 0 bridgehead atoms. The average Bonchev–Trinajstić information content (AvgIpc) is 3.06. The summed E-state index contributed by atoms with van der Waals surface area (Å²) >= 11 is 0. The third-order valence-corrected chi connectivity index (χ3v) is 4.68. The second-order valence-electron chi connectivity index (χ2n) is 6.21. The van der Waals surface area contributed by atoms with E-state index in [1.54, 1.807) is 0 Å². The molecule has 0 aliphatic carbocycles. The van der Waals surface area contributed by atoms with Gasteiger partial charge in [0, 0.05) is 56.1 Å². The zero-order valence-corrected chi connectivity index (χ0v) is 13.4. The van der Waals surface area contributed by atoms with Gasteiger partial charge in [-0.05, 0) is 24.3 Å². The Hall–Kier alpha value is -2.38. The number of aliphatic carboxylic acids is 1. The molecule has 0 radical (unpaired) electrons. The summed E-state index contributed by atoms with van der Waals surface area (Å²) in [5.74, 6) is -0.148. The first-order valence-electron chi connectivity index (χ1n) is 8.33. The van der Waals surface area contributed by atoms with E-state index in [1.807, 2.05) is 12.1 Å². The standard InChI is InChI=1S/C17H21N5O2/c23-17(24)15-14-13(5-6-19-15)20-16(21-14)11-1-3-12(4-2-11)22-9-7-18-8-10-22/h1-4,15,18-19H,5-10H2,(H,20,21)(H,23,24). The Morgan fingerprint density at radius 2 is 1.92 bits per heavy atom. The number of piperazine rings is 1. The molecule has 1 unspecified atom stereocenters. The van der Waals surface area contributed by atoms with E-state index in [0.717, 1.165) is 49.7 Å². The van der Waals surface area contributed by atoms with Crippen LogP contribution in [0.25, 0.3) is 11.4 Å². The first kappa shape index (κ1) is 15.2. The van der Waals surface area contributed by atoms with Gasteiger partial charge in [0.2, 0.25) is 0 Å². The van der Waals surface area contributed by atoms with Crippen LogP contribution >= 0.6 is 0 Å². The molecule has 1 atom stereocenters. The SMILES string of the molecule is O=C(O)C1NCCc2[nH]c(-c3ccc(N4CCNCC4)cc3)nc21. The highest BCUT2D eigenvalue weighted by atomic mass is 16.4. The fourth-order valence-electron chi connectivity index (χ4n) is 3.38. The van der Waals surface area contributed by atoms with Crippen molar-refractivity contribution in [2.75, 3.05) is 37.6 Å². The lowest BCUT2D eigenvalue weighted by Gasteiger charge is -2.29. The maximum atomic E-state index is 11.4. The zero-order valence-electron chi connectivity index (χ0n) is 13.4. The van der Waals surface area contributed by atoms with Crippen LogP contribution in [-0.2, 0) is 11.2 Å². The number of nitrogens with one attached hydrogen (secondary N) is 3. The number of fused-ring (bicyclic) bond motifs is 1. The smallest absolute Gasteiger partial charge is 0.327 e. The number of nitrogens with zero attached hydrogens (tertiary/aromatic N) is 2. The maximum Gasteiger partial charge on any atom is 0.327 e. The van der Waals surface area contributed by atoms with E-state index < -0.39 is 12.0 Å². The summed E-state index contributed by atoms with van der Waals surface area (Å²) in [4.78, 5) is 21.6. The minimum Gasteiger partial charge on any atom is -0.480 e. The molecule has 2 aliphatic rings. The van der Waals surface area contributed by atoms with Crippen LogP contribution in [0.4, 0.5) is 5.69 Å². The van der Waals surface area contributed by atoms with Gasteiger partial charge >= 0.3 is 5.97 Å². The van der Waals surface area contributed by atoms with Crippen LogP contribution < -0.4 is 15.5 Å². The zero-order chi connectivity index (χ0) is 16.5. The van der Waals surface area contributed by atoms with Crippen molar-refractivity contribution in [1.29, 1.82) is 0 Å². The second-order valence-corrected chi connectivity index (χ2v) is 6.21. The maximum absolute atomic E-state index is 11.4. The van der Waals surface area contributed by atoms with Crippen LogP contribution in [0.3, 0.4) is 0 Å². The molecule has 4 N–H and O–H groups in total. The van der Waals surface area contributed by atoms with Crippen LogP contribution in [-0.4, -0.2) is 53.8 Å². The van der Waals surface area contributed by atoms with E-state index in [4.69, 9.17) is 0 Å². The van der Waals surface area contributed by atoms with Crippen LogP contribution in [0.2, 0.25) is 0 Å². The lowest BCUT2D eigenvalue weighted by atomic mass is 10.1. The third-order valence-electron chi connectivity index (χ3n) is 4.68. The minimum absolute atomic E-state index is 0.606. The Balaban J connectivity index is 1.59. The molecule has 0 spiro atoms. The molecule has 4 rings (SSSR count). The van der Waals surface area contributed by atoms with Crippen molar-refractivity contribution in [1.82, 2.24) is 20.6 Å². The average molecular weight is 327 g/mol. The molecule has 7 nitrogen and oxygen atoms in total. The van der Waals surface area contributed by atoms with Crippen LogP contribution in [0.5, 0.6) is 0 Å². The number of H-pyrrole nitrogens is 1. The van der Waals surface area contributed by atoms with Gasteiger partial charge < -0.3 is 20.3 Å². The first-order valence-corrected chi connectivity index (χ1v) is 8.33. The molecule has 24 heavy (non-hydrogen) atoms. The highest BCUT2D eigenvalue weighted by Crippen LogP contribution is 2.27. The largest absolute Gasteiger partial charge is 0.480 e. The lowest BCUT2D eigenvalue weighted by molar-refractivity contribution is -0.139. The molecule has 2 aliphatic heterocycles. The summed E-state index contributed by atoms with van der Waals surface area (Å²) in [6.45, 7) is 4.70. The number of aromatic amines is 1. The second kappa shape index (κ2) is 6.26. The van der Waals surface area contributed by atoms with Gasteiger partial charge in [-0.15, -0.1) is 0 Å². The van der Waals surface area contributed by atoms with Crippen molar-refractivity contribution >= 4 is 11.7 Å². The Morgan fingerprint density at radius 3 is 2.62 bits per heavy atom. The van der Waals surface area contributed by atoms with Gasteiger partial charge in [-0.1, -0.05) is 0 Å². The fourth-order valence-corrected chi connectivity index (χ4v) is 3.38. The number of anilines is 1. The van der Waals surface area contributed by atoms with Crippen molar-refractivity contribution in [2.45, 2.75) is 12.5 Å². The summed E-state index contributed by atoms with van der Waals surface area (Å²) < 4.78 is 0. The Bertz CT molecular complexity index is 734. The molecular weight excluding hydrogens is 306 g/mol. The first-order chi connectivity index (χ1) is 11.7. The predicted molar refractivity (Wildman–Crippen MR) is 91.2 cm³/mol. The summed E-state index contributed by atoms with van der Waals surface area (Å²) in [5, 5.41) is 15.7. The number of carbonyl (C=O) groups is 1. The van der Waals surface area contributed by atoms with Gasteiger partial charge in [0.15, 0.2) is 6.04 Å². The van der Waals surface area contributed by atoms with Crippen LogP contribution in [0, 0.1) is 0 Å². The Kier molecular flexibility index (Phi) is 3.95. The fraction of sp³-hybridized carbons (Fsp3) is 0.412. The molecule has 1 fully saturated rings. The van der Waals surface area contributed by atoms with Crippen molar-refractivity contribution in [3.8, 4) is 11.4 Å². The van der Waals surface area contributed by atoms with Gasteiger partial charge in [-0.25, -0.2) is 4.98 Å². The highest BCUT2D eigenvalue weighted by Gasteiger charge is 2.29. The summed E-state index contributed by atoms with van der Waals surface area (Å²) in [7, 11) is 0. The molecule has 2 aromatic rings. The summed E-state index contributed by atoms with van der Waals surface area (Å²) in [5.41, 5.74) is 3.71. The molecular formula is C17H21N5O2. The van der Waals surface area contributed by atoms with E-state index in [0.29, 0.717) is 12.2 Å². The summed E-state index contributed by atoms with van der Waals surface area (Å²) in [6, 6.07) is 7.58. The third kappa shape index (κ3) is 2.76. The monoisotopic (exact) mass is 327 g/mol. The topological polar surface area (TPSA) is 93.3 Å². The van der Waals surface area contributed by atoms with Gasteiger partial charge in [-0.2, -0.15) is 0 Å². The van der Waals surface area contributed by atoms with Crippen LogP contribution in [0.1, 0.15) is 17.4 Å². The van der Waals surface area contributed by atoms with Crippen molar-refractivity contribution in [3.05, 3.63) is 35.7 Å². The molecule has 1 saturated heterocycles. The molecule has 1 aromatic heterocycles. The molecule has 3 heterocycles. The lowest BCUT2D eigenvalue weighted by Crippen LogP contribution is -2.43. The van der Waals surface area contributed by atoms with Gasteiger partial charge in [-0.3, -0.25) is 10.1 Å². The van der Waals surface area contributed by atoms with E-state index in [-0.39, 0.29) is 0 Å². The van der Waals surface area contributed by atoms with E-state index in [2.05, 4.69) is 37.6 Å². The number of carboxylic acids is 1. The summed E-state index contributed by atoms with van der Waals surface area (Å²) in [6.07, 6.45) is 0.769. The van der Waals surface area contributed by atoms with E-state index in [9.17, 15) is 9.90 Å². The van der Waals surface area contributed by atoms with E-state index in [1.165, 1.54) is 5.69 Å². The van der Waals surface area contributed by atoms with Crippen molar-refractivity contribution in [3.63, 3.8) is 0 Å². The highest BCUT2D eigenvalue weighted by molar-refractivity contribution is 5.76. The number of rotatable bonds is 3. The number of imidazole rings is 1. The molecule has 126 valence electrons. The Morgan fingerprint density at radius 1 is 1.17 bits per heavy atom. The number of hydrogen-bond donors (Lipinski definition) is 4. The number of hydrogen-bond acceptors (Lipinski definition) is 5. The van der Waals surface area contributed by atoms with Crippen LogP contribution in [0.15, 0.2) is 24.3 Å². The van der Waals surface area contributed by atoms with Gasteiger partial charge in [0.25, 0.3) is 0 Å². The van der Waals surface area contributed by atoms with Gasteiger partial charge in [0.05, 0.1) is 5.69 Å². The number of carboxylic acid groups (broad SMARTS) is 1. The van der Waals surface area contributed by atoms with Crippen molar-refractivity contribution in [2.24, 2.45) is 0 Å². The normalized spacial score (nSPS) is 20.7. The Labute approximate surface area is 140 Å². The quantitative estimate of drug-likeness (QED) is 0.665. The molecule has 7 heteroatoms. The molecule has 0 saturated carbocycles. The number of aromatic nitrogens is 2. The minimum atomic E-state index is -0.886. The van der Waals surface area contributed by atoms with Gasteiger partial charge in [0.1, 0.15) is 5.82 Å². The molecule has 1 aromatic carbocycles. The predicted octanol–water partition coefficient (Wildman–Crippen LogP) is 0.758. The molecule has 0 amide bonds.